The molecule has 0 rings (SSSR count). The summed E-state index contributed by atoms with van der Waals surface area (Å²) in [5, 5.41) is 0. The van der Waals surface area contributed by atoms with E-state index in [-0.39, 0.29) is 66.5 Å². The summed E-state index contributed by atoms with van der Waals surface area (Å²) in [6, 6.07) is 0. The van der Waals surface area contributed by atoms with Gasteiger partial charge in [0.2, 0.25) is 0 Å². The van der Waals surface area contributed by atoms with Gasteiger partial charge in [0.05, 0.1) is 0 Å². The summed E-state index contributed by atoms with van der Waals surface area (Å²) in [6.45, 7) is 0. The Balaban J connectivity index is -0.00000000167. The Morgan fingerprint density at radius 3 is 1.20 bits per heavy atom. The van der Waals surface area contributed by atoms with E-state index in [2.05, 4.69) is 15.9 Å². The summed E-state index contributed by atoms with van der Waals surface area (Å²) in [5.74, 6) is 0. The SMILES string of the molecule is [BiH3].[O]=[Cu].[Ti].[V]. The van der Waals surface area contributed by atoms with Crippen LogP contribution in [0.3, 0.4) is 0 Å². The van der Waals surface area contributed by atoms with Crippen molar-refractivity contribution in [1.29, 1.82) is 0 Å². The summed E-state index contributed by atoms with van der Waals surface area (Å²) in [7, 11) is 0. The van der Waals surface area contributed by atoms with Gasteiger partial charge in [0.25, 0.3) is 0 Å². The second-order valence-corrected chi connectivity index (χ2v) is 0. The maximum absolute atomic E-state index is 7.81. The Hall–Kier alpha value is 2.50. The predicted octanol–water partition coefficient (Wildman–Crippen LogP) is -1.31. The van der Waals surface area contributed by atoms with Gasteiger partial charge in [-0.05, 0) is 0 Å². The van der Waals surface area contributed by atoms with Gasteiger partial charge in [0, 0.05) is 40.3 Å². The molecule has 0 aliphatic carbocycles. The first-order chi connectivity index (χ1) is 1.00. The molecule has 1 radical (unpaired) electrons. The maximum atomic E-state index is 7.81. The van der Waals surface area contributed by atoms with E-state index in [1.807, 2.05) is 0 Å². The summed E-state index contributed by atoms with van der Waals surface area (Å²) in [6.07, 6.45) is 0. The monoisotopic (exact) mass is 390 g/mol. The van der Waals surface area contributed by atoms with Gasteiger partial charge in [0.15, 0.2) is 0 Å². The first-order valence-electron chi connectivity index (χ1n) is 0.123. The number of hydrogen-bond donors (Lipinski definition) is 0. The molecule has 5 heteroatoms. The molecule has 34 valence electrons. The molecule has 0 aromatic rings. The molecule has 0 saturated heterocycles. The molecule has 1 nitrogen and oxygen atoms in total. The van der Waals surface area contributed by atoms with Crippen LogP contribution in [-0.4, -0.2) is 26.2 Å². The van der Waals surface area contributed by atoms with E-state index in [9.17, 15) is 0 Å². The molecule has 0 atom stereocenters. The van der Waals surface area contributed by atoms with E-state index < -0.39 is 0 Å². The van der Waals surface area contributed by atoms with Gasteiger partial charge < -0.3 is 0 Å². The summed E-state index contributed by atoms with van der Waals surface area (Å²) in [5.41, 5.74) is 0. The van der Waals surface area contributed by atoms with Crippen LogP contribution < -0.4 is 0 Å². The van der Waals surface area contributed by atoms with Gasteiger partial charge in [-0.3, -0.25) is 0 Å². The Morgan fingerprint density at radius 2 is 1.20 bits per heavy atom. The van der Waals surface area contributed by atoms with Crippen LogP contribution in [0.15, 0.2) is 0 Å². The molecule has 0 N–H and O–H groups in total. The average molecular weight is 390 g/mol. The van der Waals surface area contributed by atoms with Crippen LogP contribution >= 0.6 is 0 Å². The van der Waals surface area contributed by atoms with Gasteiger partial charge in [-0.2, -0.15) is 0 Å². The number of rotatable bonds is 0. The quantitative estimate of drug-likeness (QED) is 0.470. The van der Waals surface area contributed by atoms with Crippen molar-refractivity contribution < 1.29 is 60.1 Å². The van der Waals surface area contributed by atoms with Gasteiger partial charge in [-0.25, -0.2) is 0 Å². The predicted molar refractivity (Wildman–Crippen MR) is 10.6 cm³/mol. The summed E-state index contributed by atoms with van der Waals surface area (Å²) in [4.78, 5) is 0. The minimum atomic E-state index is 0. The van der Waals surface area contributed by atoms with Crippen molar-refractivity contribution in [2.45, 2.75) is 0 Å². The summed E-state index contributed by atoms with van der Waals surface area (Å²) < 4.78 is 7.81. The standard InChI is InChI=1S/Bi.Cu.O.Ti.V.3H. The third-order valence-electron chi connectivity index (χ3n) is 0. The van der Waals surface area contributed by atoms with E-state index in [4.69, 9.17) is 3.83 Å². The van der Waals surface area contributed by atoms with E-state index in [0.717, 1.165) is 0 Å². The Kier molecular flexibility index (Phi) is 163. The zero-order valence-corrected chi connectivity index (χ0v) is 11.8. The van der Waals surface area contributed by atoms with Crippen LogP contribution in [0.2, 0.25) is 0 Å². The van der Waals surface area contributed by atoms with Crippen molar-refractivity contribution in [3.8, 4) is 0 Å². The fourth-order valence-corrected chi connectivity index (χ4v) is 0. The molecule has 5 heavy (non-hydrogen) atoms. The topological polar surface area (TPSA) is 17.1 Å². The van der Waals surface area contributed by atoms with Gasteiger partial charge >= 0.3 is 46.0 Å². The Bertz CT molecular complexity index is 11.6. The van der Waals surface area contributed by atoms with Crippen LogP contribution in [0.25, 0.3) is 0 Å². The summed E-state index contributed by atoms with van der Waals surface area (Å²) >= 11 is 2.94. The molecule has 0 aromatic carbocycles. The largest absolute Gasteiger partial charge is 0 e. The van der Waals surface area contributed by atoms with Crippen molar-refractivity contribution in [1.82, 2.24) is 0 Å². The molecule has 0 aliphatic rings. The molecule has 0 spiro atoms. The molecular formula is H3BiCuOTiV. The fraction of sp³-hybridized carbons (Fsp3) is 0. The second kappa shape index (κ2) is 31.4. The third-order valence-corrected chi connectivity index (χ3v) is 0. The van der Waals surface area contributed by atoms with Gasteiger partial charge in [-0.1, -0.05) is 0 Å². The van der Waals surface area contributed by atoms with Gasteiger partial charge in [0.1, 0.15) is 0 Å². The normalized spacial score (nSPS) is 1.20. The van der Waals surface area contributed by atoms with Crippen LogP contribution in [0.5, 0.6) is 0 Å². The van der Waals surface area contributed by atoms with E-state index in [1.54, 1.807) is 0 Å². The fourth-order valence-electron chi connectivity index (χ4n) is 0. The van der Waals surface area contributed by atoms with Crippen molar-refractivity contribution >= 4 is 26.2 Å². The molecule has 0 fully saturated rings. The van der Waals surface area contributed by atoms with E-state index in [1.165, 1.54) is 0 Å². The molecule has 0 aliphatic heterocycles. The van der Waals surface area contributed by atoms with Gasteiger partial charge in [-0.15, -0.1) is 0 Å². The minimum absolute atomic E-state index is 0. The molecule has 0 aromatic heterocycles. The van der Waals surface area contributed by atoms with Crippen LogP contribution in [-0.2, 0) is 60.1 Å². The molecule has 0 saturated carbocycles. The molecule has 0 amide bonds. The number of hydrogen-bond acceptors (Lipinski definition) is 1. The average Bonchev–Trinajstić information content (AvgIpc) is 1.00. The molecule has 0 heterocycles. The first-order valence-corrected chi connectivity index (χ1v) is 0.508. The minimum Gasteiger partial charge on any atom is 0 e. The molecular weight excluding hydrogens is 387 g/mol. The van der Waals surface area contributed by atoms with Crippen LogP contribution in [0, 0.1) is 0 Å². The molecule has 0 bridgehead atoms. The van der Waals surface area contributed by atoms with Crippen LogP contribution in [0.1, 0.15) is 0 Å². The smallest absolute Gasteiger partial charge is 0 e. The van der Waals surface area contributed by atoms with Crippen LogP contribution in [0.4, 0.5) is 0 Å². The third kappa shape index (κ3) is 21.1. The zero-order valence-electron chi connectivity index (χ0n) is 2.36. The first kappa shape index (κ1) is 25.9. The zero-order chi connectivity index (χ0) is 2.00. The van der Waals surface area contributed by atoms with E-state index >= 15 is 0 Å². The Labute approximate surface area is 84.9 Å². The van der Waals surface area contributed by atoms with Crippen molar-refractivity contribution in [2.24, 2.45) is 0 Å². The van der Waals surface area contributed by atoms with E-state index in [0.29, 0.717) is 0 Å². The van der Waals surface area contributed by atoms with Crippen molar-refractivity contribution in [2.75, 3.05) is 0 Å². The second-order valence-electron chi connectivity index (χ2n) is 0. The Morgan fingerprint density at radius 1 is 1.20 bits per heavy atom. The molecule has 0 unspecified atom stereocenters. The maximum Gasteiger partial charge on any atom is 0 e. The van der Waals surface area contributed by atoms with Crippen molar-refractivity contribution in [3.05, 3.63) is 0 Å². The van der Waals surface area contributed by atoms with Crippen molar-refractivity contribution in [3.63, 3.8) is 0 Å².